The Morgan fingerprint density at radius 3 is 2.06 bits per heavy atom. The Bertz CT molecular complexity index is 185. The molecule has 0 unspecified atom stereocenters. The highest BCUT2D eigenvalue weighted by Crippen LogP contribution is 2.22. The quantitative estimate of drug-likeness (QED) is 0.459. The minimum absolute atomic E-state index is 0.0000406. The molecule has 102 valence electrons. The number of quaternary nitrogens is 1. The first-order chi connectivity index (χ1) is 8.26. The fraction of sp³-hybridized carbons (Fsp3) is 1.00. The minimum atomic E-state index is -0.0000406. The molecule has 1 rings (SSSR count). The zero-order chi connectivity index (χ0) is 12.6. The average Bonchev–Trinajstić information content (AvgIpc) is 2.76. The second-order valence-electron chi connectivity index (χ2n) is 5.10. The van der Waals surface area contributed by atoms with Crippen LogP contribution in [-0.2, 0) is 9.47 Å². The van der Waals surface area contributed by atoms with Crippen LogP contribution in [0, 0.1) is 0 Å². The first-order valence-corrected chi connectivity index (χ1v) is 7.34. The summed E-state index contributed by atoms with van der Waals surface area (Å²) in [7, 11) is 0. The van der Waals surface area contributed by atoms with E-state index in [4.69, 9.17) is 9.47 Å². The van der Waals surface area contributed by atoms with Crippen molar-refractivity contribution < 1.29 is 14.0 Å². The molecule has 0 radical (unpaired) electrons. The molecule has 0 aromatic rings. The molecule has 1 saturated heterocycles. The van der Waals surface area contributed by atoms with E-state index in [2.05, 4.69) is 6.92 Å². The first kappa shape index (κ1) is 14.9. The highest BCUT2D eigenvalue weighted by Gasteiger charge is 2.34. The van der Waals surface area contributed by atoms with Gasteiger partial charge in [0.1, 0.15) is 6.54 Å². The largest absolute Gasteiger partial charge is 0.348 e. The summed E-state index contributed by atoms with van der Waals surface area (Å²) in [5.41, 5.74) is 0. The van der Waals surface area contributed by atoms with E-state index in [1.807, 2.05) is 13.8 Å². The van der Waals surface area contributed by atoms with Gasteiger partial charge in [0, 0.05) is 26.1 Å². The third-order valence-corrected chi connectivity index (χ3v) is 3.74. The average molecular weight is 244 g/mol. The maximum atomic E-state index is 5.71. The van der Waals surface area contributed by atoms with E-state index < -0.39 is 0 Å². The lowest BCUT2D eigenvalue weighted by Crippen LogP contribution is -2.51. The van der Waals surface area contributed by atoms with Crippen LogP contribution in [-0.4, -0.2) is 50.2 Å². The lowest BCUT2D eigenvalue weighted by Gasteiger charge is -2.36. The van der Waals surface area contributed by atoms with Gasteiger partial charge in [-0.15, -0.1) is 0 Å². The van der Waals surface area contributed by atoms with Crippen molar-refractivity contribution in [2.75, 3.05) is 39.4 Å². The molecule has 1 heterocycles. The van der Waals surface area contributed by atoms with Crippen LogP contribution in [0.4, 0.5) is 0 Å². The van der Waals surface area contributed by atoms with E-state index in [1.54, 1.807) is 0 Å². The second-order valence-corrected chi connectivity index (χ2v) is 5.10. The molecule has 1 aliphatic rings. The summed E-state index contributed by atoms with van der Waals surface area (Å²) in [5.74, 6) is 0. The molecular weight excluding hydrogens is 214 g/mol. The first-order valence-electron chi connectivity index (χ1n) is 7.34. The van der Waals surface area contributed by atoms with Crippen LogP contribution < -0.4 is 0 Å². The second kappa shape index (κ2) is 8.06. The summed E-state index contributed by atoms with van der Waals surface area (Å²) in [4.78, 5) is 0. The van der Waals surface area contributed by atoms with E-state index in [9.17, 15) is 0 Å². The number of likely N-dealkylation sites (tertiary alicyclic amines) is 1. The zero-order valence-electron chi connectivity index (χ0n) is 11.9. The number of rotatable bonds is 9. The maximum absolute atomic E-state index is 5.71. The Balaban J connectivity index is 2.50. The predicted molar refractivity (Wildman–Crippen MR) is 70.9 cm³/mol. The monoisotopic (exact) mass is 244 g/mol. The third kappa shape index (κ3) is 4.94. The number of unbranched alkanes of at least 4 members (excludes halogenated alkanes) is 1. The lowest BCUT2D eigenvalue weighted by atomic mass is 10.2. The summed E-state index contributed by atoms with van der Waals surface area (Å²) in [6.07, 6.45) is 5.35. The van der Waals surface area contributed by atoms with Crippen molar-refractivity contribution in [3.63, 3.8) is 0 Å². The summed E-state index contributed by atoms with van der Waals surface area (Å²) >= 11 is 0. The van der Waals surface area contributed by atoms with Crippen molar-refractivity contribution in [3.8, 4) is 0 Å². The van der Waals surface area contributed by atoms with E-state index in [0.29, 0.717) is 0 Å². The molecule has 1 aliphatic heterocycles. The molecule has 0 amide bonds. The van der Waals surface area contributed by atoms with E-state index in [0.717, 1.165) is 19.8 Å². The molecule has 1 fully saturated rings. The van der Waals surface area contributed by atoms with Crippen LogP contribution >= 0.6 is 0 Å². The van der Waals surface area contributed by atoms with Crippen LogP contribution in [0.3, 0.4) is 0 Å². The molecule has 0 bridgehead atoms. The van der Waals surface area contributed by atoms with Crippen molar-refractivity contribution >= 4 is 0 Å². The summed E-state index contributed by atoms with van der Waals surface area (Å²) < 4.78 is 12.6. The zero-order valence-corrected chi connectivity index (χ0v) is 11.9. The summed E-state index contributed by atoms with van der Waals surface area (Å²) in [6.45, 7) is 12.8. The Labute approximate surface area is 107 Å². The Morgan fingerprint density at radius 1 is 1.00 bits per heavy atom. The highest BCUT2D eigenvalue weighted by molar-refractivity contribution is 4.57. The van der Waals surface area contributed by atoms with Crippen molar-refractivity contribution in [1.82, 2.24) is 0 Å². The lowest BCUT2D eigenvalue weighted by molar-refractivity contribution is -0.922. The SMILES string of the molecule is CCCC[N+]1(CC(OCC)OCC)CCCC1. The predicted octanol–water partition coefficient (Wildman–Crippen LogP) is 2.80. The topological polar surface area (TPSA) is 18.5 Å². The molecular formula is C14H30NO2+. The Kier molecular flexibility index (Phi) is 7.09. The molecule has 0 saturated carbocycles. The van der Waals surface area contributed by atoms with Gasteiger partial charge in [0.25, 0.3) is 0 Å². The van der Waals surface area contributed by atoms with Gasteiger partial charge >= 0.3 is 0 Å². The van der Waals surface area contributed by atoms with Crippen LogP contribution in [0.5, 0.6) is 0 Å². The summed E-state index contributed by atoms with van der Waals surface area (Å²) in [6, 6.07) is 0. The Hall–Kier alpha value is -0.120. The van der Waals surface area contributed by atoms with Gasteiger partial charge in [0.05, 0.1) is 19.6 Å². The van der Waals surface area contributed by atoms with E-state index >= 15 is 0 Å². The van der Waals surface area contributed by atoms with Crippen LogP contribution in [0.15, 0.2) is 0 Å². The number of ether oxygens (including phenoxy) is 2. The fourth-order valence-corrected chi connectivity index (χ4v) is 2.84. The highest BCUT2D eigenvalue weighted by atomic mass is 16.7. The van der Waals surface area contributed by atoms with E-state index in [-0.39, 0.29) is 6.29 Å². The van der Waals surface area contributed by atoms with Crippen molar-refractivity contribution in [1.29, 1.82) is 0 Å². The van der Waals surface area contributed by atoms with Crippen molar-refractivity contribution in [2.45, 2.75) is 52.7 Å². The molecule has 0 aromatic heterocycles. The standard InChI is InChI=1S/C14H30NO2/c1-4-7-10-15(11-8-9-12-15)13-14(16-5-2)17-6-3/h14H,4-13H2,1-3H3/q+1. The number of hydrogen-bond acceptors (Lipinski definition) is 2. The van der Waals surface area contributed by atoms with Gasteiger partial charge in [-0.2, -0.15) is 0 Å². The molecule has 0 spiro atoms. The van der Waals surface area contributed by atoms with Gasteiger partial charge in [-0.25, -0.2) is 0 Å². The maximum Gasteiger partial charge on any atom is 0.207 e. The van der Waals surface area contributed by atoms with Gasteiger partial charge in [0.15, 0.2) is 0 Å². The minimum Gasteiger partial charge on any atom is -0.348 e. The molecule has 0 N–H and O–H groups in total. The normalized spacial score (nSPS) is 19.1. The molecule has 0 aliphatic carbocycles. The van der Waals surface area contributed by atoms with Crippen molar-refractivity contribution in [2.24, 2.45) is 0 Å². The van der Waals surface area contributed by atoms with Gasteiger partial charge in [-0.3, -0.25) is 0 Å². The molecule has 3 heteroatoms. The van der Waals surface area contributed by atoms with Gasteiger partial charge in [0.2, 0.25) is 6.29 Å². The van der Waals surface area contributed by atoms with Crippen LogP contribution in [0.25, 0.3) is 0 Å². The van der Waals surface area contributed by atoms with Gasteiger partial charge < -0.3 is 14.0 Å². The molecule has 0 atom stereocenters. The Morgan fingerprint density at radius 2 is 1.59 bits per heavy atom. The smallest absolute Gasteiger partial charge is 0.207 e. The summed E-state index contributed by atoms with van der Waals surface area (Å²) in [5, 5.41) is 0. The van der Waals surface area contributed by atoms with E-state index in [1.165, 1.54) is 49.8 Å². The molecule has 17 heavy (non-hydrogen) atoms. The molecule has 0 aromatic carbocycles. The molecule has 3 nitrogen and oxygen atoms in total. The van der Waals surface area contributed by atoms with Crippen LogP contribution in [0.1, 0.15) is 46.5 Å². The van der Waals surface area contributed by atoms with Gasteiger partial charge in [-0.1, -0.05) is 13.3 Å². The number of hydrogen-bond donors (Lipinski definition) is 0. The third-order valence-electron chi connectivity index (χ3n) is 3.74. The van der Waals surface area contributed by atoms with Crippen LogP contribution in [0.2, 0.25) is 0 Å². The van der Waals surface area contributed by atoms with Crippen molar-refractivity contribution in [3.05, 3.63) is 0 Å². The number of nitrogens with zero attached hydrogens (tertiary/aromatic N) is 1. The fourth-order valence-electron chi connectivity index (χ4n) is 2.84. The van der Waals surface area contributed by atoms with Gasteiger partial charge in [-0.05, 0) is 20.3 Å².